The lowest BCUT2D eigenvalue weighted by atomic mass is 10.2. The molecule has 0 saturated carbocycles. The second-order valence-corrected chi connectivity index (χ2v) is 6.29. The molecule has 1 unspecified atom stereocenters. The van der Waals surface area contributed by atoms with Gasteiger partial charge in [-0.15, -0.1) is 24.8 Å². The fraction of sp³-hybridized carbons (Fsp3) is 0.571. The van der Waals surface area contributed by atoms with Crippen LogP contribution in [0.4, 0.5) is 0 Å². The molecule has 0 aromatic carbocycles. The number of rotatable bonds is 2. The van der Waals surface area contributed by atoms with Gasteiger partial charge in [-0.05, 0) is 28.4 Å². The van der Waals surface area contributed by atoms with E-state index < -0.39 is 0 Å². The summed E-state index contributed by atoms with van der Waals surface area (Å²) in [6.45, 7) is 5.97. The molecule has 0 aliphatic carbocycles. The van der Waals surface area contributed by atoms with Crippen molar-refractivity contribution in [2.75, 3.05) is 39.3 Å². The number of nitrogens with zero attached hydrogens (tertiary/aromatic N) is 3. The molecule has 1 N–H and O–H groups in total. The van der Waals surface area contributed by atoms with Crippen LogP contribution in [0.25, 0.3) is 0 Å². The molecule has 5 nitrogen and oxygen atoms in total. The van der Waals surface area contributed by atoms with Crippen LogP contribution in [0.15, 0.2) is 22.9 Å². The van der Waals surface area contributed by atoms with Gasteiger partial charge in [0.1, 0.15) is 0 Å². The van der Waals surface area contributed by atoms with Gasteiger partial charge >= 0.3 is 0 Å². The van der Waals surface area contributed by atoms with Gasteiger partial charge in [-0.2, -0.15) is 0 Å². The van der Waals surface area contributed by atoms with Crippen molar-refractivity contribution in [3.8, 4) is 0 Å². The van der Waals surface area contributed by atoms with Crippen molar-refractivity contribution in [1.82, 2.24) is 20.1 Å². The zero-order valence-electron chi connectivity index (χ0n) is 12.2. The Morgan fingerprint density at radius 2 is 1.95 bits per heavy atom. The van der Waals surface area contributed by atoms with Crippen LogP contribution in [-0.4, -0.2) is 66.0 Å². The smallest absolute Gasteiger partial charge is 0.255 e. The van der Waals surface area contributed by atoms with Crippen LogP contribution in [0.1, 0.15) is 16.8 Å². The third kappa shape index (κ3) is 4.55. The molecule has 2 aliphatic heterocycles. The Hall–Kier alpha value is -0.400. The quantitative estimate of drug-likeness (QED) is 0.806. The van der Waals surface area contributed by atoms with Crippen molar-refractivity contribution in [2.24, 2.45) is 0 Å². The lowest BCUT2D eigenvalue weighted by Gasteiger charge is -2.32. The number of aromatic nitrogens is 1. The molecule has 0 bridgehead atoms. The van der Waals surface area contributed by atoms with Crippen molar-refractivity contribution < 1.29 is 4.79 Å². The first kappa shape index (κ1) is 19.6. The molecular weight excluding hydrogens is 391 g/mol. The van der Waals surface area contributed by atoms with Crippen molar-refractivity contribution >= 4 is 46.7 Å². The molecule has 8 heteroatoms. The standard InChI is InChI=1S/C14H19BrN4O.2ClH/c15-12-7-11(8-17-9-12)14(20)19-4-1-13(10-19)18-5-2-16-3-6-18;;/h7-9,13,16H,1-6,10H2;2*1H. The number of piperazine rings is 1. The average Bonchev–Trinajstić information content (AvgIpc) is 2.97. The summed E-state index contributed by atoms with van der Waals surface area (Å²) in [5.74, 6) is 0.0939. The largest absolute Gasteiger partial charge is 0.337 e. The lowest BCUT2D eigenvalue weighted by molar-refractivity contribution is 0.0773. The highest BCUT2D eigenvalue weighted by atomic mass is 79.9. The summed E-state index contributed by atoms with van der Waals surface area (Å²) in [6, 6.07) is 2.36. The molecule has 2 aliphatic rings. The summed E-state index contributed by atoms with van der Waals surface area (Å²) in [5, 5.41) is 3.37. The summed E-state index contributed by atoms with van der Waals surface area (Å²) < 4.78 is 0.848. The first-order valence-electron chi connectivity index (χ1n) is 7.08. The SMILES string of the molecule is Cl.Cl.O=C(c1cncc(Br)c1)N1CCC(N2CCNCC2)C1. The highest BCUT2D eigenvalue weighted by Crippen LogP contribution is 2.19. The van der Waals surface area contributed by atoms with Gasteiger partial charge in [-0.3, -0.25) is 14.7 Å². The number of nitrogens with one attached hydrogen (secondary N) is 1. The molecule has 1 atom stereocenters. The number of carbonyl (C=O) groups is 1. The third-order valence-electron chi connectivity index (χ3n) is 4.07. The van der Waals surface area contributed by atoms with Gasteiger partial charge in [-0.25, -0.2) is 0 Å². The minimum absolute atomic E-state index is 0. The van der Waals surface area contributed by atoms with E-state index in [0.29, 0.717) is 11.6 Å². The minimum Gasteiger partial charge on any atom is -0.337 e. The normalized spacial score (nSPS) is 21.9. The summed E-state index contributed by atoms with van der Waals surface area (Å²) in [4.78, 5) is 21.0. The van der Waals surface area contributed by atoms with E-state index in [2.05, 4.69) is 31.1 Å². The number of carbonyl (C=O) groups excluding carboxylic acids is 1. The van der Waals surface area contributed by atoms with E-state index in [4.69, 9.17) is 0 Å². The van der Waals surface area contributed by atoms with Crippen LogP contribution in [0.3, 0.4) is 0 Å². The van der Waals surface area contributed by atoms with Crippen LogP contribution < -0.4 is 5.32 Å². The van der Waals surface area contributed by atoms with E-state index in [0.717, 1.165) is 50.2 Å². The van der Waals surface area contributed by atoms with Crippen LogP contribution in [-0.2, 0) is 0 Å². The fourth-order valence-corrected chi connectivity index (χ4v) is 3.35. The zero-order chi connectivity index (χ0) is 13.9. The second-order valence-electron chi connectivity index (χ2n) is 5.37. The van der Waals surface area contributed by atoms with E-state index in [9.17, 15) is 4.79 Å². The zero-order valence-corrected chi connectivity index (χ0v) is 15.4. The van der Waals surface area contributed by atoms with Gasteiger partial charge in [0.25, 0.3) is 5.91 Å². The minimum atomic E-state index is 0. The number of amides is 1. The van der Waals surface area contributed by atoms with Gasteiger partial charge in [0.05, 0.1) is 5.56 Å². The molecule has 1 aromatic heterocycles. The lowest BCUT2D eigenvalue weighted by Crippen LogP contribution is -2.49. The topological polar surface area (TPSA) is 48.5 Å². The predicted molar refractivity (Wildman–Crippen MR) is 95.2 cm³/mol. The highest BCUT2D eigenvalue weighted by molar-refractivity contribution is 9.10. The van der Waals surface area contributed by atoms with E-state index >= 15 is 0 Å². The molecule has 0 spiro atoms. The van der Waals surface area contributed by atoms with E-state index in [1.807, 2.05) is 11.0 Å². The highest BCUT2D eigenvalue weighted by Gasteiger charge is 2.31. The summed E-state index contributed by atoms with van der Waals surface area (Å²) in [5.41, 5.74) is 0.667. The first-order valence-corrected chi connectivity index (χ1v) is 7.88. The number of halogens is 3. The van der Waals surface area contributed by atoms with Crippen LogP contribution in [0.2, 0.25) is 0 Å². The summed E-state index contributed by atoms with van der Waals surface area (Å²) >= 11 is 3.37. The van der Waals surface area contributed by atoms with Crippen molar-refractivity contribution in [2.45, 2.75) is 12.5 Å². The molecule has 2 saturated heterocycles. The predicted octanol–water partition coefficient (Wildman–Crippen LogP) is 1.81. The molecule has 3 heterocycles. The average molecular weight is 412 g/mol. The number of hydrogen-bond donors (Lipinski definition) is 1. The maximum absolute atomic E-state index is 12.5. The Morgan fingerprint density at radius 1 is 1.23 bits per heavy atom. The first-order chi connectivity index (χ1) is 9.74. The number of likely N-dealkylation sites (tertiary alicyclic amines) is 1. The van der Waals surface area contributed by atoms with Gasteiger partial charge < -0.3 is 10.2 Å². The molecule has 22 heavy (non-hydrogen) atoms. The molecule has 1 amide bonds. The molecule has 1 aromatic rings. The maximum Gasteiger partial charge on any atom is 0.255 e. The van der Waals surface area contributed by atoms with Crippen LogP contribution in [0.5, 0.6) is 0 Å². The van der Waals surface area contributed by atoms with Crippen LogP contribution >= 0.6 is 40.7 Å². The molecule has 3 rings (SSSR count). The molecule has 124 valence electrons. The Kier molecular flexibility index (Phi) is 8.07. The monoisotopic (exact) mass is 410 g/mol. The number of pyridine rings is 1. The van der Waals surface area contributed by atoms with Crippen molar-refractivity contribution in [1.29, 1.82) is 0 Å². The summed E-state index contributed by atoms with van der Waals surface area (Å²) in [7, 11) is 0. The summed E-state index contributed by atoms with van der Waals surface area (Å²) in [6.07, 6.45) is 4.42. The maximum atomic E-state index is 12.5. The van der Waals surface area contributed by atoms with Gasteiger partial charge in [0.2, 0.25) is 0 Å². The van der Waals surface area contributed by atoms with Crippen LogP contribution in [0, 0.1) is 0 Å². The molecular formula is C14H21BrCl2N4O. The fourth-order valence-electron chi connectivity index (χ4n) is 2.98. The van der Waals surface area contributed by atoms with Crippen molar-refractivity contribution in [3.05, 3.63) is 28.5 Å². The third-order valence-corrected chi connectivity index (χ3v) is 4.50. The Bertz CT molecular complexity index is 499. The van der Waals surface area contributed by atoms with Gasteiger partial charge in [0.15, 0.2) is 0 Å². The molecule has 2 fully saturated rings. The Morgan fingerprint density at radius 3 is 2.64 bits per heavy atom. The van der Waals surface area contributed by atoms with E-state index in [-0.39, 0.29) is 30.7 Å². The Labute approximate surface area is 151 Å². The van der Waals surface area contributed by atoms with Gasteiger partial charge in [0, 0.05) is 62.2 Å². The second kappa shape index (κ2) is 9.03. The molecule has 0 radical (unpaired) electrons. The van der Waals surface area contributed by atoms with E-state index in [1.54, 1.807) is 12.4 Å². The van der Waals surface area contributed by atoms with Crippen molar-refractivity contribution in [3.63, 3.8) is 0 Å². The number of hydrogen-bond acceptors (Lipinski definition) is 4. The Balaban J connectivity index is 0.00000121. The van der Waals surface area contributed by atoms with Gasteiger partial charge in [-0.1, -0.05) is 0 Å². The van der Waals surface area contributed by atoms with E-state index in [1.165, 1.54) is 0 Å².